The number of aromatic nitrogens is 2. The second kappa shape index (κ2) is 7.00. The van der Waals surface area contributed by atoms with Crippen LogP contribution in [0.1, 0.15) is 50.1 Å². The molecule has 124 valence electrons. The Balaban J connectivity index is 1.75. The molecule has 0 N–H and O–H groups in total. The van der Waals surface area contributed by atoms with Gasteiger partial charge in [-0.3, -0.25) is 0 Å². The maximum atomic E-state index is 5.83. The molecule has 0 bridgehead atoms. The van der Waals surface area contributed by atoms with Crippen LogP contribution in [0.5, 0.6) is 11.5 Å². The topological polar surface area (TPSA) is 66.6 Å². The number of rotatable bonds is 6. The van der Waals surface area contributed by atoms with Gasteiger partial charge in [0.1, 0.15) is 24.2 Å². The van der Waals surface area contributed by atoms with E-state index in [9.17, 15) is 0 Å². The van der Waals surface area contributed by atoms with Crippen molar-refractivity contribution in [2.45, 2.75) is 39.2 Å². The molecule has 6 nitrogen and oxygen atoms in total. The van der Waals surface area contributed by atoms with Crippen LogP contribution in [0.2, 0.25) is 0 Å². The Labute approximate surface area is 135 Å². The van der Waals surface area contributed by atoms with Crippen LogP contribution in [0.25, 0.3) is 0 Å². The maximum Gasteiger partial charge on any atom is 0.233 e. The van der Waals surface area contributed by atoms with Gasteiger partial charge < -0.3 is 18.7 Å². The van der Waals surface area contributed by atoms with Gasteiger partial charge in [0.25, 0.3) is 0 Å². The van der Waals surface area contributed by atoms with Crippen molar-refractivity contribution in [2.24, 2.45) is 0 Å². The van der Waals surface area contributed by atoms with Gasteiger partial charge in [-0.1, -0.05) is 5.16 Å². The van der Waals surface area contributed by atoms with Gasteiger partial charge in [0.15, 0.2) is 5.82 Å². The molecule has 0 spiro atoms. The van der Waals surface area contributed by atoms with Crippen LogP contribution in [0.4, 0.5) is 0 Å². The minimum atomic E-state index is -0.168. The summed E-state index contributed by atoms with van der Waals surface area (Å²) in [6.07, 6.45) is 0.625. The number of benzene rings is 1. The highest BCUT2D eigenvalue weighted by Crippen LogP contribution is 2.34. The van der Waals surface area contributed by atoms with E-state index >= 15 is 0 Å². The molecule has 0 saturated heterocycles. The van der Waals surface area contributed by atoms with E-state index in [2.05, 4.69) is 10.1 Å². The molecule has 2 heterocycles. The fraction of sp³-hybridized carbons (Fsp3) is 0.529. The number of nitrogens with zero attached hydrogens (tertiary/aromatic N) is 2. The fourth-order valence-electron chi connectivity index (χ4n) is 2.69. The van der Waals surface area contributed by atoms with Crippen LogP contribution in [-0.2, 0) is 11.2 Å². The molecule has 1 aromatic heterocycles. The Bertz CT molecular complexity index is 656. The molecule has 0 radical (unpaired) electrons. The van der Waals surface area contributed by atoms with Gasteiger partial charge in [0.05, 0.1) is 12.5 Å². The van der Waals surface area contributed by atoms with Crippen molar-refractivity contribution < 1.29 is 18.7 Å². The molecule has 3 rings (SSSR count). The molecule has 2 atom stereocenters. The van der Waals surface area contributed by atoms with E-state index in [0.717, 1.165) is 23.5 Å². The first kappa shape index (κ1) is 15.8. The Hall–Kier alpha value is -2.08. The van der Waals surface area contributed by atoms with E-state index in [4.69, 9.17) is 18.7 Å². The predicted octanol–water partition coefficient (Wildman–Crippen LogP) is 3.28. The molecule has 0 aliphatic carbocycles. The molecule has 0 amide bonds. The van der Waals surface area contributed by atoms with Crippen molar-refractivity contribution in [3.05, 3.63) is 35.5 Å². The molecule has 1 aliphatic heterocycles. The molecule has 23 heavy (non-hydrogen) atoms. The van der Waals surface area contributed by atoms with E-state index in [-0.39, 0.29) is 12.0 Å². The van der Waals surface area contributed by atoms with Gasteiger partial charge in [0, 0.05) is 6.61 Å². The van der Waals surface area contributed by atoms with Crippen LogP contribution in [-0.4, -0.2) is 30.0 Å². The van der Waals surface area contributed by atoms with Crippen molar-refractivity contribution in [3.8, 4) is 11.5 Å². The normalized spacial score (nSPS) is 18.1. The molecule has 0 fully saturated rings. The third-order valence-electron chi connectivity index (χ3n) is 3.84. The Morgan fingerprint density at radius 2 is 2.17 bits per heavy atom. The summed E-state index contributed by atoms with van der Waals surface area (Å²) in [6.45, 7) is 7.62. The monoisotopic (exact) mass is 318 g/mol. The van der Waals surface area contributed by atoms with Gasteiger partial charge >= 0.3 is 0 Å². The molecule has 0 saturated carbocycles. The van der Waals surface area contributed by atoms with Crippen LogP contribution < -0.4 is 9.47 Å². The van der Waals surface area contributed by atoms with Crippen molar-refractivity contribution >= 4 is 0 Å². The van der Waals surface area contributed by atoms with E-state index in [1.54, 1.807) is 0 Å². The van der Waals surface area contributed by atoms with Gasteiger partial charge in [-0.05, 0) is 51.0 Å². The molecular weight excluding hydrogens is 296 g/mol. The quantitative estimate of drug-likeness (QED) is 0.814. The summed E-state index contributed by atoms with van der Waals surface area (Å²) in [5.74, 6) is 2.97. The van der Waals surface area contributed by atoms with Crippen LogP contribution >= 0.6 is 0 Å². The predicted molar refractivity (Wildman–Crippen MR) is 83.9 cm³/mol. The Morgan fingerprint density at radius 3 is 2.96 bits per heavy atom. The summed E-state index contributed by atoms with van der Waals surface area (Å²) in [4.78, 5) is 4.47. The summed E-state index contributed by atoms with van der Waals surface area (Å²) in [5.41, 5.74) is 1.10. The third kappa shape index (κ3) is 3.47. The zero-order valence-electron chi connectivity index (χ0n) is 13.7. The maximum absolute atomic E-state index is 5.83. The minimum absolute atomic E-state index is 0.0504. The molecular formula is C17H22N2O4. The summed E-state index contributed by atoms with van der Waals surface area (Å²) in [7, 11) is 0. The Kier molecular flexibility index (Phi) is 4.81. The molecule has 2 aromatic rings. The van der Waals surface area contributed by atoms with Gasteiger partial charge in [-0.15, -0.1) is 0 Å². The zero-order chi connectivity index (χ0) is 16.2. The van der Waals surface area contributed by atoms with Gasteiger partial charge in [-0.2, -0.15) is 4.98 Å². The Morgan fingerprint density at radius 1 is 1.30 bits per heavy atom. The highest BCUT2D eigenvalue weighted by Gasteiger charge is 2.27. The minimum Gasteiger partial charge on any atom is -0.494 e. The lowest BCUT2D eigenvalue weighted by Gasteiger charge is -2.23. The number of fused-ring (bicyclic) bond motifs is 1. The fourth-order valence-corrected chi connectivity index (χ4v) is 2.69. The highest BCUT2D eigenvalue weighted by molar-refractivity contribution is 5.42. The number of hydrogen-bond acceptors (Lipinski definition) is 6. The van der Waals surface area contributed by atoms with Crippen molar-refractivity contribution in [1.82, 2.24) is 10.1 Å². The standard InChI is InChI=1S/C17H22N2O4/c1-4-20-11(3)16-18-17(23-19-16)13-8-12-9-14(21-5-2)6-7-15(12)22-10-13/h6-7,9,11,13H,4-5,8,10H2,1-3H3/t11-,13+/m0/s1. The molecule has 0 unspecified atom stereocenters. The first-order valence-corrected chi connectivity index (χ1v) is 8.04. The average molecular weight is 318 g/mol. The number of ether oxygens (including phenoxy) is 3. The molecule has 6 heteroatoms. The SMILES string of the molecule is CCOc1ccc2c(c1)C[C@@H](c1nc([C@H](C)OCC)no1)CO2. The van der Waals surface area contributed by atoms with Gasteiger partial charge in [-0.25, -0.2) is 0 Å². The van der Waals surface area contributed by atoms with Crippen LogP contribution in [0.3, 0.4) is 0 Å². The van der Waals surface area contributed by atoms with Crippen LogP contribution in [0.15, 0.2) is 22.7 Å². The largest absolute Gasteiger partial charge is 0.494 e. The van der Waals surface area contributed by atoms with E-state index < -0.39 is 0 Å². The summed E-state index contributed by atoms with van der Waals surface area (Å²) < 4.78 is 22.3. The lowest BCUT2D eigenvalue weighted by Crippen LogP contribution is -2.19. The molecule has 1 aromatic carbocycles. The average Bonchev–Trinajstić information content (AvgIpc) is 3.05. The summed E-state index contributed by atoms with van der Waals surface area (Å²) in [5, 5.41) is 4.02. The second-order valence-electron chi connectivity index (χ2n) is 5.50. The van der Waals surface area contributed by atoms with Crippen molar-refractivity contribution in [3.63, 3.8) is 0 Å². The lowest BCUT2D eigenvalue weighted by atomic mass is 9.96. The van der Waals surface area contributed by atoms with Crippen LogP contribution in [0, 0.1) is 0 Å². The summed E-state index contributed by atoms with van der Waals surface area (Å²) >= 11 is 0. The first-order chi connectivity index (χ1) is 11.2. The van der Waals surface area contributed by atoms with Gasteiger partial charge in [0.2, 0.25) is 5.89 Å². The highest BCUT2D eigenvalue weighted by atomic mass is 16.5. The van der Waals surface area contributed by atoms with E-state index in [0.29, 0.717) is 31.5 Å². The number of hydrogen-bond donors (Lipinski definition) is 0. The van der Waals surface area contributed by atoms with E-state index in [1.807, 2.05) is 39.0 Å². The third-order valence-corrected chi connectivity index (χ3v) is 3.84. The van der Waals surface area contributed by atoms with Crippen molar-refractivity contribution in [2.75, 3.05) is 19.8 Å². The van der Waals surface area contributed by atoms with Crippen molar-refractivity contribution in [1.29, 1.82) is 0 Å². The van der Waals surface area contributed by atoms with E-state index in [1.165, 1.54) is 0 Å². The smallest absolute Gasteiger partial charge is 0.233 e. The second-order valence-corrected chi connectivity index (χ2v) is 5.50. The summed E-state index contributed by atoms with van der Waals surface area (Å²) in [6, 6.07) is 5.90. The molecule has 1 aliphatic rings. The lowest BCUT2D eigenvalue weighted by molar-refractivity contribution is 0.0683. The first-order valence-electron chi connectivity index (χ1n) is 8.04. The zero-order valence-corrected chi connectivity index (χ0v) is 13.7.